The van der Waals surface area contributed by atoms with Gasteiger partial charge in [0.15, 0.2) is 0 Å². The standard InChI is InChI=1S/C10H15NO3/c12-9-5-8-2-1-7(9)6-11(8)4-3-10(13)14/h7-8H,1-6H2,(H,13,14). The first-order chi connectivity index (χ1) is 6.66. The third-order valence-corrected chi connectivity index (χ3v) is 3.32. The van der Waals surface area contributed by atoms with Gasteiger partial charge in [-0.2, -0.15) is 0 Å². The van der Waals surface area contributed by atoms with Gasteiger partial charge in [0, 0.05) is 31.5 Å². The Morgan fingerprint density at radius 3 is 2.79 bits per heavy atom. The molecule has 1 aliphatic carbocycles. The van der Waals surface area contributed by atoms with E-state index in [1.165, 1.54) is 0 Å². The van der Waals surface area contributed by atoms with Gasteiger partial charge in [-0.1, -0.05) is 0 Å². The average molecular weight is 197 g/mol. The molecule has 3 fully saturated rings. The number of carboxylic acids is 1. The quantitative estimate of drug-likeness (QED) is 0.716. The maximum atomic E-state index is 11.4. The highest BCUT2D eigenvalue weighted by atomic mass is 16.4. The van der Waals surface area contributed by atoms with Crippen molar-refractivity contribution in [2.24, 2.45) is 5.92 Å². The zero-order valence-corrected chi connectivity index (χ0v) is 8.11. The van der Waals surface area contributed by atoms with Crippen LogP contribution >= 0.6 is 0 Å². The highest BCUT2D eigenvalue weighted by molar-refractivity contribution is 5.83. The minimum Gasteiger partial charge on any atom is -0.481 e. The van der Waals surface area contributed by atoms with Crippen molar-refractivity contribution in [3.8, 4) is 0 Å². The molecule has 0 aromatic carbocycles. The predicted octanol–water partition coefficient (Wildman–Crippen LogP) is 0.514. The molecular formula is C10H15NO3. The number of hydrogen-bond donors (Lipinski definition) is 1. The number of piperidine rings is 2. The van der Waals surface area contributed by atoms with Crippen molar-refractivity contribution in [2.45, 2.75) is 31.7 Å². The lowest BCUT2D eigenvalue weighted by atomic mass is 9.79. The molecule has 2 unspecified atom stereocenters. The van der Waals surface area contributed by atoms with Crippen LogP contribution in [0.5, 0.6) is 0 Å². The Morgan fingerprint density at radius 1 is 1.50 bits per heavy atom. The summed E-state index contributed by atoms with van der Waals surface area (Å²) in [5.41, 5.74) is 0. The summed E-state index contributed by atoms with van der Waals surface area (Å²) in [5.74, 6) is -0.181. The Kier molecular flexibility index (Phi) is 2.54. The molecule has 0 radical (unpaired) electrons. The topological polar surface area (TPSA) is 57.6 Å². The normalized spacial score (nSPS) is 32.1. The minimum atomic E-state index is -0.752. The molecule has 3 aliphatic rings. The monoisotopic (exact) mass is 197 g/mol. The summed E-state index contributed by atoms with van der Waals surface area (Å²) in [5, 5.41) is 8.57. The van der Waals surface area contributed by atoms with E-state index >= 15 is 0 Å². The van der Waals surface area contributed by atoms with Crippen molar-refractivity contribution >= 4 is 11.8 Å². The van der Waals surface area contributed by atoms with E-state index in [9.17, 15) is 9.59 Å². The molecule has 0 amide bonds. The van der Waals surface area contributed by atoms with Crippen LogP contribution in [0.3, 0.4) is 0 Å². The lowest BCUT2D eigenvalue weighted by molar-refractivity contribution is -0.138. The number of rotatable bonds is 3. The summed E-state index contributed by atoms with van der Waals surface area (Å²) in [4.78, 5) is 24.0. The molecule has 0 aromatic rings. The van der Waals surface area contributed by atoms with Crippen LogP contribution in [0.1, 0.15) is 25.7 Å². The Bertz CT molecular complexity index is 264. The first-order valence-corrected chi connectivity index (χ1v) is 5.15. The van der Waals surface area contributed by atoms with E-state index in [2.05, 4.69) is 4.90 Å². The molecule has 2 aliphatic heterocycles. The van der Waals surface area contributed by atoms with E-state index in [0.29, 0.717) is 24.8 Å². The maximum absolute atomic E-state index is 11.4. The molecule has 1 N–H and O–H groups in total. The van der Waals surface area contributed by atoms with Crippen molar-refractivity contribution < 1.29 is 14.7 Å². The molecule has 1 saturated carbocycles. The molecule has 0 spiro atoms. The van der Waals surface area contributed by atoms with E-state index in [0.717, 1.165) is 19.4 Å². The van der Waals surface area contributed by atoms with Gasteiger partial charge in [0.2, 0.25) is 0 Å². The molecule has 14 heavy (non-hydrogen) atoms. The zero-order valence-electron chi connectivity index (χ0n) is 8.11. The zero-order chi connectivity index (χ0) is 10.1. The number of fused-ring (bicyclic) bond motifs is 3. The molecule has 2 heterocycles. The number of carbonyl (C=O) groups is 2. The molecule has 78 valence electrons. The van der Waals surface area contributed by atoms with Crippen LogP contribution in [0.15, 0.2) is 0 Å². The van der Waals surface area contributed by atoms with Crippen LogP contribution in [0, 0.1) is 5.92 Å². The number of nitrogens with zero attached hydrogens (tertiary/aromatic N) is 1. The SMILES string of the molecule is O=C(O)CCN1CC2CCC1CC2=O. The van der Waals surface area contributed by atoms with Crippen molar-refractivity contribution in [2.75, 3.05) is 13.1 Å². The van der Waals surface area contributed by atoms with Crippen molar-refractivity contribution in [3.63, 3.8) is 0 Å². The van der Waals surface area contributed by atoms with Crippen LogP contribution in [0.25, 0.3) is 0 Å². The predicted molar refractivity (Wildman–Crippen MR) is 50.0 cm³/mol. The Morgan fingerprint density at radius 2 is 2.29 bits per heavy atom. The van der Waals surface area contributed by atoms with Gasteiger partial charge < -0.3 is 5.11 Å². The lowest BCUT2D eigenvalue weighted by Crippen LogP contribution is -2.52. The number of aliphatic carboxylic acids is 1. The molecule has 4 heteroatoms. The van der Waals surface area contributed by atoms with Gasteiger partial charge >= 0.3 is 5.97 Å². The molecule has 0 aromatic heterocycles. The van der Waals surface area contributed by atoms with Crippen molar-refractivity contribution in [1.29, 1.82) is 0 Å². The first-order valence-electron chi connectivity index (χ1n) is 5.15. The fourth-order valence-corrected chi connectivity index (χ4v) is 2.51. The number of hydrogen-bond acceptors (Lipinski definition) is 3. The molecule has 2 atom stereocenters. The van der Waals surface area contributed by atoms with Gasteiger partial charge in [0.05, 0.1) is 6.42 Å². The number of carboxylic acid groups (broad SMARTS) is 1. The van der Waals surface area contributed by atoms with Gasteiger partial charge in [-0.05, 0) is 12.8 Å². The number of ketones is 1. The van der Waals surface area contributed by atoms with Crippen LogP contribution < -0.4 is 0 Å². The van der Waals surface area contributed by atoms with Crippen LogP contribution in [-0.4, -0.2) is 40.9 Å². The van der Waals surface area contributed by atoms with Crippen LogP contribution in [0.4, 0.5) is 0 Å². The molecule has 3 rings (SSSR count). The smallest absolute Gasteiger partial charge is 0.304 e. The Balaban J connectivity index is 1.90. The third-order valence-electron chi connectivity index (χ3n) is 3.32. The third kappa shape index (κ3) is 1.80. The van der Waals surface area contributed by atoms with Crippen LogP contribution in [-0.2, 0) is 9.59 Å². The summed E-state index contributed by atoms with van der Waals surface area (Å²) < 4.78 is 0. The van der Waals surface area contributed by atoms with E-state index in [-0.39, 0.29) is 12.3 Å². The lowest BCUT2D eigenvalue weighted by Gasteiger charge is -2.44. The second-order valence-corrected chi connectivity index (χ2v) is 4.24. The largest absolute Gasteiger partial charge is 0.481 e. The van der Waals surface area contributed by atoms with E-state index in [1.54, 1.807) is 0 Å². The second-order valence-electron chi connectivity index (χ2n) is 4.24. The number of Topliss-reactive ketones (excluding diaryl/α,β-unsaturated/α-hetero) is 1. The summed E-state index contributed by atoms with van der Waals surface area (Å²) in [6, 6.07) is 0.326. The summed E-state index contributed by atoms with van der Waals surface area (Å²) in [6.07, 6.45) is 2.91. The maximum Gasteiger partial charge on any atom is 0.304 e. The van der Waals surface area contributed by atoms with E-state index < -0.39 is 5.97 Å². The summed E-state index contributed by atoms with van der Waals surface area (Å²) >= 11 is 0. The summed E-state index contributed by atoms with van der Waals surface area (Å²) in [6.45, 7) is 1.39. The summed E-state index contributed by atoms with van der Waals surface area (Å²) in [7, 11) is 0. The fraction of sp³-hybridized carbons (Fsp3) is 0.800. The highest BCUT2D eigenvalue weighted by Crippen LogP contribution is 2.32. The van der Waals surface area contributed by atoms with Crippen molar-refractivity contribution in [3.05, 3.63) is 0 Å². The molecule has 4 nitrogen and oxygen atoms in total. The first kappa shape index (κ1) is 9.65. The van der Waals surface area contributed by atoms with Gasteiger partial charge in [0.1, 0.15) is 5.78 Å². The van der Waals surface area contributed by atoms with E-state index in [1.807, 2.05) is 0 Å². The Labute approximate surface area is 82.9 Å². The van der Waals surface area contributed by atoms with E-state index in [4.69, 9.17) is 5.11 Å². The van der Waals surface area contributed by atoms with Gasteiger partial charge in [-0.15, -0.1) is 0 Å². The van der Waals surface area contributed by atoms with Gasteiger partial charge in [-0.3, -0.25) is 14.5 Å². The molecule has 2 saturated heterocycles. The van der Waals surface area contributed by atoms with Crippen LogP contribution in [0.2, 0.25) is 0 Å². The van der Waals surface area contributed by atoms with Gasteiger partial charge in [-0.25, -0.2) is 0 Å². The number of carbonyl (C=O) groups excluding carboxylic acids is 1. The van der Waals surface area contributed by atoms with Gasteiger partial charge in [0.25, 0.3) is 0 Å². The fourth-order valence-electron chi connectivity index (χ4n) is 2.51. The minimum absolute atomic E-state index is 0.189. The molecule has 2 bridgehead atoms. The highest BCUT2D eigenvalue weighted by Gasteiger charge is 2.38. The average Bonchev–Trinajstić information content (AvgIpc) is 2.16. The van der Waals surface area contributed by atoms with Crippen molar-refractivity contribution in [1.82, 2.24) is 4.90 Å². The second kappa shape index (κ2) is 3.69. The molecular weight excluding hydrogens is 182 g/mol. The Hall–Kier alpha value is -0.900.